The lowest BCUT2D eigenvalue weighted by Gasteiger charge is -2.35. The van der Waals surface area contributed by atoms with Crippen molar-refractivity contribution in [3.05, 3.63) is 53.0 Å². The molecule has 2 aliphatic rings. The highest BCUT2D eigenvalue weighted by molar-refractivity contribution is 5.97. The van der Waals surface area contributed by atoms with E-state index in [1.165, 1.54) is 5.56 Å². The van der Waals surface area contributed by atoms with E-state index in [4.69, 9.17) is 4.74 Å². The van der Waals surface area contributed by atoms with Gasteiger partial charge in [-0.05, 0) is 62.3 Å². The van der Waals surface area contributed by atoms with Crippen molar-refractivity contribution >= 4 is 5.91 Å². The fourth-order valence-corrected chi connectivity index (χ4v) is 3.97. The number of likely N-dealkylation sites (tertiary alicyclic amines) is 1. The van der Waals surface area contributed by atoms with E-state index in [9.17, 15) is 4.79 Å². The number of piperidine rings is 1. The van der Waals surface area contributed by atoms with E-state index in [0.717, 1.165) is 56.5 Å². The van der Waals surface area contributed by atoms with Gasteiger partial charge in [0, 0.05) is 18.4 Å². The number of amides is 1. The molecule has 0 aromatic carbocycles. The van der Waals surface area contributed by atoms with Crippen LogP contribution >= 0.6 is 0 Å². The molecule has 25 heavy (non-hydrogen) atoms. The molecule has 0 radical (unpaired) electrons. The Balaban J connectivity index is 1.69. The second-order valence-electron chi connectivity index (χ2n) is 6.77. The van der Waals surface area contributed by atoms with E-state index < -0.39 is 0 Å². The van der Waals surface area contributed by atoms with Crippen molar-refractivity contribution in [2.24, 2.45) is 0 Å². The number of carbonyl (C=O) groups excluding carboxylic acids is 1. The van der Waals surface area contributed by atoms with Crippen molar-refractivity contribution < 1.29 is 9.53 Å². The summed E-state index contributed by atoms with van der Waals surface area (Å²) in [7, 11) is 1.59. The molecular formula is C20H23N3O2. The molecule has 3 heterocycles. The maximum atomic E-state index is 13.3. The first-order chi connectivity index (χ1) is 12.3. The van der Waals surface area contributed by atoms with Crippen molar-refractivity contribution in [1.82, 2.24) is 14.9 Å². The van der Waals surface area contributed by atoms with E-state index in [2.05, 4.69) is 9.97 Å². The van der Waals surface area contributed by atoms with Crippen LogP contribution in [-0.2, 0) is 12.8 Å². The number of hydrogen-bond acceptors (Lipinski definition) is 4. The largest absolute Gasteiger partial charge is 0.480 e. The molecule has 4 rings (SSSR count). The maximum absolute atomic E-state index is 13.3. The molecule has 1 aliphatic heterocycles. The molecular weight excluding hydrogens is 314 g/mol. The van der Waals surface area contributed by atoms with Crippen molar-refractivity contribution in [1.29, 1.82) is 0 Å². The summed E-state index contributed by atoms with van der Waals surface area (Å²) in [6.45, 7) is 0.750. The van der Waals surface area contributed by atoms with Crippen LogP contribution in [0.1, 0.15) is 59.0 Å². The van der Waals surface area contributed by atoms with Crippen molar-refractivity contribution in [2.45, 2.75) is 44.6 Å². The van der Waals surface area contributed by atoms with Crippen LogP contribution in [0.25, 0.3) is 0 Å². The Hall–Kier alpha value is -2.43. The number of ether oxygens (including phenoxy) is 1. The minimum Gasteiger partial charge on any atom is -0.480 e. The average molecular weight is 337 g/mol. The summed E-state index contributed by atoms with van der Waals surface area (Å²) in [5.74, 6) is 0.463. The van der Waals surface area contributed by atoms with E-state index in [0.29, 0.717) is 11.4 Å². The average Bonchev–Trinajstić information content (AvgIpc) is 3.14. The topological polar surface area (TPSA) is 55.3 Å². The lowest BCUT2D eigenvalue weighted by Crippen LogP contribution is -2.39. The third-order valence-corrected chi connectivity index (χ3v) is 5.23. The molecule has 2 aromatic heterocycles. The summed E-state index contributed by atoms with van der Waals surface area (Å²) in [6, 6.07) is 7.93. The van der Waals surface area contributed by atoms with Gasteiger partial charge in [0.2, 0.25) is 5.88 Å². The summed E-state index contributed by atoms with van der Waals surface area (Å²) in [6.07, 6.45) is 7.95. The van der Waals surface area contributed by atoms with E-state index in [-0.39, 0.29) is 11.9 Å². The molecule has 5 nitrogen and oxygen atoms in total. The molecule has 0 saturated carbocycles. The van der Waals surface area contributed by atoms with E-state index in [1.807, 2.05) is 29.2 Å². The van der Waals surface area contributed by atoms with Gasteiger partial charge in [0.25, 0.3) is 5.91 Å². The zero-order chi connectivity index (χ0) is 17.2. The van der Waals surface area contributed by atoms with Crippen LogP contribution in [0.2, 0.25) is 0 Å². The minimum atomic E-state index is 0.00871. The van der Waals surface area contributed by atoms with Crippen LogP contribution < -0.4 is 4.74 Å². The quantitative estimate of drug-likeness (QED) is 0.862. The molecule has 130 valence electrons. The smallest absolute Gasteiger partial charge is 0.259 e. The predicted octanol–water partition coefficient (Wildman–Crippen LogP) is 3.34. The van der Waals surface area contributed by atoms with E-state index >= 15 is 0 Å². The number of pyridine rings is 2. The SMILES string of the molecule is COc1nc2c(cc1C(=O)N1CCCC[C@H]1c1ccccn1)CCC2. The second-order valence-corrected chi connectivity index (χ2v) is 6.77. The molecule has 0 spiro atoms. The Bertz CT molecular complexity index is 776. The van der Waals surface area contributed by atoms with Crippen LogP contribution in [-0.4, -0.2) is 34.4 Å². The van der Waals surface area contributed by atoms with Crippen LogP contribution in [0.15, 0.2) is 30.5 Å². The number of aryl methyl sites for hydroxylation is 2. The Morgan fingerprint density at radius 1 is 1.24 bits per heavy atom. The van der Waals surface area contributed by atoms with Crippen molar-refractivity contribution in [3.8, 4) is 5.88 Å². The molecule has 5 heteroatoms. The highest BCUT2D eigenvalue weighted by Gasteiger charge is 2.32. The standard InChI is InChI=1S/C20H23N3O2/c1-25-19-15(13-14-7-6-9-16(14)22-19)20(24)23-12-5-3-10-18(23)17-8-2-4-11-21-17/h2,4,8,11,13,18H,3,5-7,9-10,12H2,1H3/t18-/m0/s1. The highest BCUT2D eigenvalue weighted by Crippen LogP contribution is 2.34. The third-order valence-electron chi connectivity index (χ3n) is 5.23. The van der Waals surface area contributed by atoms with Crippen LogP contribution in [0.3, 0.4) is 0 Å². The fraction of sp³-hybridized carbons (Fsp3) is 0.450. The number of fused-ring (bicyclic) bond motifs is 1. The predicted molar refractivity (Wildman–Crippen MR) is 94.7 cm³/mol. The lowest BCUT2D eigenvalue weighted by atomic mass is 9.97. The summed E-state index contributed by atoms with van der Waals surface area (Å²) in [5, 5.41) is 0. The number of methoxy groups -OCH3 is 1. The van der Waals surface area contributed by atoms with Crippen LogP contribution in [0.5, 0.6) is 5.88 Å². The molecule has 1 aliphatic carbocycles. The zero-order valence-corrected chi connectivity index (χ0v) is 14.6. The first-order valence-electron chi connectivity index (χ1n) is 9.06. The van der Waals surface area contributed by atoms with Gasteiger partial charge in [-0.15, -0.1) is 0 Å². The molecule has 1 amide bonds. The van der Waals surface area contributed by atoms with Gasteiger partial charge in [0.1, 0.15) is 5.56 Å². The Morgan fingerprint density at radius 3 is 2.96 bits per heavy atom. The lowest BCUT2D eigenvalue weighted by molar-refractivity contribution is 0.0601. The Morgan fingerprint density at radius 2 is 2.16 bits per heavy atom. The van der Waals surface area contributed by atoms with Gasteiger partial charge in [-0.25, -0.2) is 4.98 Å². The van der Waals surface area contributed by atoms with Gasteiger partial charge >= 0.3 is 0 Å². The molecule has 1 fully saturated rings. The number of nitrogens with zero attached hydrogens (tertiary/aromatic N) is 3. The maximum Gasteiger partial charge on any atom is 0.259 e. The van der Waals surface area contributed by atoms with Gasteiger partial charge in [0.15, 0.2) is 0 Å². The molecule has 1 saturated heterocycles. The molecule has 2 aromatic rings. The van der Waals surface area contributed by atoms with Gasteiger partial charge < -0.3 is 9.64 Å². The number of aromatic nitrogens is 2. The first kappa shape index (κ1) is 16.1. The van der Waals surface area contributed by atoms with Gasteiger partial charge in [-0.3, -0.25) is 9.78 Å². The highest BCUT2D eigenvalue weighted by atomic mass is 16.5. The summed E-state index contributed by atoms with van der Waals surface area (Å²) < 4.78 is 5.45. The second kappa shape index (κ2) is 6.82. The van der Waals surface area contributed by atoms with Gasteiger partial charge in [0.05, 0.1) is 18.8 Å². The molecule has 0 unspecified atom stereocenters. The normalized spacial score (nSPS) is 19.6. The number of hydrogen-bond donors (Lipinski definition) is 0. The van der Waals surface area contributed by atoms with Crippen molar-refractivity contribution in [2.75, 3.05) is 13.7 Å². The summed E-state index contributed by atoms with van der Waals surface area (Å²) >= 11 is 0. The Labute approximate surface area is 148 Å². The number of carbonyl (C=O) groups is 1. The van der Waals surface area contributed by atoms with E-state index in [1.54, 1.807) is 13.3 Å². The van der Waals surface area contributed by atoms with Crippen LogP contribution in [0.4, 0.5) is 0 Å². The molecule has 0 N–H and O–H groups in total. The van der Waals surface area contributed by atoms with Gasteiger partial charge in [-0.1, -0.05) is 6.07 Å². The first-order valence-corrected chi connectivity index (χ1v) is 9.06. The fourth-order valence-electron chi connectivity index (χ4n) is 3.97. The molecule has 0 bridgehead atoms. The van der Waals surface area contributed by atoms with Crippen molar-refractivity contribution in [3.63, 3.8) is 0 Å². The Kier molecular flexibility index (Phi) is 4.38. The molecule has 1 atom stereocenters. The monoisotopic (exact) mass is 337 g/mol. The summed E-state index contributed by atoms with van der Waals surface area (Å²) in [5.41, 5.74) is 3.82. The third kappa shape index (κ3) is 2.99. The zero-order valence-electron chi connectivity index (χ0n) is 14.6. The number of rotatable bonds is 3. The van der Waals surface area contributed by atoms with Gasteiger partial charge in [-0.2, -0.15) is 0 Å². The van der Waals surface area contributed by atoms with Crippen LogP contribution in [0, 0.1) is 0 Å². The summed E-state index contributed by atoms with van der Waals surface area (Å²) in [4.78, 5) is 24.4. The minimum absolute atomic E-state index is 0.00871.